The first-order chi connectivity index (χ1) is 16.2. The Labute approximate surface area is 192 Å². The molecule has 0 unspecified atom stereocenters. The lowest BCUT2D eigenvalue weighted by Gasteiger charge is -2.15. The number of hydrogen-bond donors (Lipinski definition) is 2. The van der Waals surface area contributed by atoms with Crippen molar-refractivity contribution in [2.24, 2.45) is 0 Å². The van der Waals surface area contributed by atoms with E-state index in [1.807, 2.05) is 0 Å². The van der Waals surface area contributed by atoms with Crippen molar-refractivity contribution < 1.29 is 23.1 Å². The standard InChI is InChI=1S/C24H21F3N4O3/c1-28-22(33)16-4-2-3-15(11-16)13-30-14-17(8-10-32)20-12-18(5-6-19(20)23(30)34)31-21(7-9-29-31)24(25,26)27/h2-7,9,11-12,14,32H,8,10,13H2,1H3,(H,28,33). The topological polar surface area (TPSA) is 89.2 Å². The van der Waals surface area contributed by atoms with Gasteiger partial charge >= 0.3 is 6.18 Å². The van der Waals surface area contributed by atoms with Crippen molar-refractivity contribution in [2.45, 2.75) is 19.1 Å². The molecule has 0 bridgehead atoms. The van der Waals surface area contributed by atoms with Crippen LogP contribution in [0.15, 0.2) is 65.7 Å². The van der Waals surface area contributed by atoms with Crippen LogP contribution in [0.3, 0.4) is 0 Å². The number of benzene rings is 2. The van der Waals surface area contributed by atoms with E-state index in [0.29, 0.717) is 21.9 Å². The van der Waals surface area contributed by atoms with Gasteiger partial charge in [-0.05, 0) is 59.3 Å². The van der Waals surface area contributed by atoms with Crippen LogP contribution < -0.4 is 10.9 Å². The fourth-order valence-electron chi connectivity index (χ4n) is 3.90. The summed E-state index contributed by atoms with van der Waals surface area (Å²) in [7, 11) is 1.53. The number of nitrogens with one attached hydrogen (secondary N) is 1. The maximum absolute atomic E-state index is 13.3. The second-order valence-electron chi connectivity index (χ2n) is 7.70. The average molecular weight is 470 g/mol. The number of pyridine rings is 1. The van der Waals surface area contributed by atoms with E-state index in [1.165, 1.54) is 29.8 Å². The van der Waals surface area contributed by atoms with E-state index in [4.69, 9.17) is 0 Å². The molecule has 0 fully saturated rings. The zero-order valence-electron chi connectivity index (χ0n) is 18.1. The molecule has 0 aliphatic heterocycles. The van der Waals surface area contributed by atoms with Crippen LogP contribution in [0.25, 0.3) is 16.5 Å². The molecule has 7 nitrogen and oxygen atoms in total. The number of carbonyl (C=O) groups excluding carboxylic acids is 1. The number of fused-ring (bicyclic) bond motifs is 1. The van der Waals surface area contributed by atoms with Crippen LogP contribution in [0.1, 0.15) is 27.2 Å². The zero-order valence-corrected chi connectivity index (χ0v) is 18.1. The maximum Gasteiger partial charge on any atom is 0.433 e. The summed E-state index contributed by atoms with van der Waals surface area (Å²) in [4.78, 5) is 25.1. The van der Waals surface area contributed by atoms with Crippen molar-refractivity contribution in [1.82, 2.24) is 19.7 Å². The minimum atomic E-state index is -4.59. The van der Waals surface area contributed by atoms with Gasteiger partial charge in [-0.2, -0.15) is 18.3 Å². The molecule has 0 saturated carbocycles. The molecule has 10 heteroatoms. The van der Waals surface area contributed by atoms with E-state index in [-0.39, 0.29) is 36.7 Å². The largest absolute Gasteiger partial charge is 0.433 e. The van der Waals surface area contributed by atoms with Gasteiger partial charge in [-0.3, -0.25) is 9.59 Å². The van der Waals surface area contributed by atoms with Crippen LogP contribution in [0.2, 0.25) is 0 Å². The molecule has 1 amide bonds. The number of aromatic nitrogens is 3. The predicted molar refractivity (Wildman–Crippen MR) is 120 cm³/mol. The number of amides is 1. The molecule has 0 radical (unpaired) electrons. The summed E-state index contributed by atoms with van der Waals surface area (Å²) in [6.07, 6.45) is -1.74. The highest BCUT2D eigenvalue weighted by Crippen LogP contribution is 2.31. The first kappa shape index (κ1) is 23.2. The van der Waals surface area contributed by atoms with E-state index in [1.54, 1.807) is 30.5 Å². The third kappa shape index (κ3) is 4.44. The van der Waals surface area contributed by atoms with Crippen LogP contribution in [-0.4, -0.2) is 39.0 Å². The quantitative estimate of drug-likeness (QED) is 0.453. The van der Waals surface area contributed by atoms with Crippen LogP contribution in [0.5, 0.6) is 0 Å². The Bertz CT molecular complexity index is 1420. The van der Waals surface area contributed by atoms with Gasteiger partial charge < -0.3 is 15.0 Å². The number of carbonyl (C=O) groups is 1. The molecule has 0 aliphatic carbocycles. The van der Waals surface area contributed by atoms with E-state index in [9.17, 15) is 27.9 Å². The van der Waals surface area contributed by atoms with Crippen molar-refractivity contribution in [3.05, 3.63) is 93.7 Å². The van der Waals surface area contributed by atoms with E-state index >= 15 is 0 Å². The van der Waals surface area contributed by atoms with E-state index in [2.05, 4.69) is 10.4 Å². The number of halogens is 3. The number of aliphatic hydroxyl groups is 1. The second kappa shape index (κ2) is 9.14. The molecule has 2 aromatic heterocycles. The molecule has 2 N–H and O–H groups in total. The third-order valence-corrected chi connectivity index (χ3v) is 5.48. The number of hydrogen-bond acceptors (Lipinski definition) is 4. The fraction of sp³-hybridized carbons (Fsp3) is 0.208. The first-order valence-corrected chi connectivity index (χ1v) is 10.4. The van der Waals surface area contributed by atoms with Crippen LogP contribution >= 0.6 is 0 Å². The van der Waals surface area contributed by atoms with Gasteiger partial charge in [0.2, 0.25) is 0 Å². The van der Waals surface area contributed by atoms with Gasteiger partial charge in [0.05, 0.1) is 18.4 Å². The monoisotopic (exact) mass is 470 g/mol. The second-order valence-corrected chi connectivity index (χ2v) is 7.70. The number of alkyl halides is 3. The van der Waals surface area contributed by atoms with Gasteiger partial charge in [0.15, 0.2) is 0 Å². The minimum absolute atomic E-state index is 0.152. The Hall–Kier alpha value is -3.92. The van der Waals surface area contributed by atoms with Crippen molar-refractivity contribution in [2.75, 3.05) is 13.7 Å². The summed E-state index contributed by atoms with van der Waals surface area (Å²) in [5.74, 6) is -0.252. The molecule has 2 aromatic carbocycles. The molecular formula is C24H21F3N4O3. The molecule has 0 spiro atoms. The van der Waals surface area contributed by atoms with Gasteiger partial charge in [-0.25, -0.2) is 4.68 Å². The summed E-state index contributed by atoms with van der Waals surface area (Å²) in [5.41, 5.74) is 0.654. The molecule has 0 atom stereocenters. The summed E-state index contributed by atoms with van der Waals surface area (Å²) < 4.78 is 42.2. The van der Waals surface area contributed by atoms with E-state index in [0.717, 1.165) is 22.5 Å². The highest BCUT2D eigenvalue weighted by atomic mass is 19.4. The molecule has 2 heterocycles. The lowest BCUT2D eigenvalue weighted by Crippen LogP contribution is -2.23. The summed E-state index contributed by atoms with van der Waals surface area (Å²) in [6.45, 7) is -0.0313. The third-order valence-electron chi connectivity index (χ3n) is 5.48. The molecule has 34 heavy (non-hydrogen) atoms. The normalized spacial score (nSPS) is 11.7. The van der Waals surface area contributed by atoms with Gasteiger partial charge in [-0.1, -0.05) is 12.1 Å². The Morgan fingerprint density at radius 3 is 2.62 bits per heavy atom. The maximum atomic E-state index is 13.3. The van der Waals surface area contributed by atoms with Crippen molar-refractivity contribution in [3.8, 4) is 5.69 Å². The predicted octanol–water partition coefficient (Wildman–Crippen LogP) is 3.15. The van der Waals surface area contributed by atoms with Crippen LogP contribution in [0, 0.1) is 0 Å². The lowest BCUT2D eigenvalue weighted by molar-refractivity contribution is -0.142. The highest BCUT2D eigenvalue weighted by Gasteiger charge is 2.35. The molecule has 0 aliphatic rings. The highest BCUT2D eigenvalue weighted by molar-refractivity contribution is 5.94. The Morgan fingerprint density at radius 1 is 1.12 bits per heavy atom. The van der Waals surface area contributed by atoms with Gasteiger partial charge in [0.1, 0.15) is 5.69 Å². The van der Waals surface area contributed by atoms with Gasteiger partial charge in [-0.15, -0.1) is 0 Å². The zero-order chi connectivity index (χ0) is 24.5. The van der Waals surface area contributed by atoms with Crippen LogP contribution in [-0.2, 0) is 19.1 Å². The Balaban J connectivity index is 1.81. The van der Waals surface area contributed by atoms with Gasteiger partial charge in [0, 0.05) is 30.8 Å². The molecule has 176 valence electrons. The Kier molecular flexibility index (Phi) is 6.25. The molecular weight excluding hydrogens is 449 g/mol. The van der Waals surface area contributed by atoms with Crippen molar-refractivity contribution in [3.63, 3.8) is 0 Å². The molecule has 4 rings (SSSR count). The number of aliphatic hydroxyl groups excluding tert-OH is 1. The van der Waals surface area contributed by atoms with Crippen molar-refractivity contribution in [1.29, 1.82) is 0 Å². The summed E-state index contributed by atoms with van der Waals surface area (Å²) in [6, 6.07) is 12.1. The number of rotatable bonds is 6. The van der Waals surface area contributed by atoms with Gasteiger partial charge in [0.25, 0.3) is 11.5 Å². The number of nitrogens with zero attached hydrogens (tertiary/aromatic N) is 3. The summed E-state index contributed by atoms with van der Waals surface area (Å²) >= 11 is 0. The van der Waals surface area contributed by atoms with E-state index < -0.39 is 11.9 Å². The smallest absolute Gasteiger partial charge is 0.396 e. The van der Waals surface area contributed by atoms with Crippen LogP contribution in [0.4, 0.5) is 13.2 Å². The van der Waals surface area contributed by atoms with Crippen molar-refractivity contribution >= 4 is 16.7 Å². The molecule has 4 aromatic rings. The minimum Gasteiger partial charge on any atom is -0.396 e. The average Bonchev–Trinajstić information content (AvgIpc) is 3.32. The molecule has 0 saturated heterocycles. The lowest BCUT2D eigenvalue weighted by atomic mass is 10.0. The SMILES string of the molecule is CNC(=O)c1cccc(Cn2cc(CCO)c3cc(-n4nccc4C(F)(F)F)ccc3c2=O)c1. The Morgan fingerprint density at radius 2 is 1.91 bits per heavy atom. The fourth-order valence-corrected chi connectivity index (χ4v) is 3.90. The first-order valence-electron chi connectivity index (χ1n) is 10.4. The summed E-state index contributed by atoms with van der Waals surface area (Å²) in [5, 5.41) is 16.6.